The Morgan fingerprint density at radius 2 is 1.73 bits per heavy atom. The first-order valence-electron chi connectivity index (χ1n) is 9.02. The van der Waals surface area contributed by atoms with E-state index in [9.17, 15) is 9.18 Å². The summed E-state index contributed by atoms with van der Waals surface area (Å²) in [5, 5.41) is 3.09. The average Bonchev–Trinajstić information content (AvgIpc) is 3.49. The van der Waals surface area contributed by atoms with E-state index in [4.69, 9.17) is 0 Å². The maximum Gasteiger partial charge on any atom is 0.242 e. The number of aromatic nitrogens is 2. The second-order valence-electron chi connectivity index (χ2n) is 6.81. The molecule has 6 nitrogen and oxygen atoms in total. The second kappa shape index (κ2) is 7.37. The normalized spacial score (nSPS) is 19.2. The van der Waals surface area contributed by atoms with Gasteiger partial charge in [-0.1, -0.05) is 12.1 Å². The zero-order valence-electron chi connectivity index (χ0n) is 14.5. The number of hydrogen-bond donors (Lipinski definition) is 1. The molecule has 1 atom stereocenters. The van der Waals surface area contributed by atoms with Crippen LogP contribution in [0.1, 0.15) is 24.4 Å². The molecule has 26 heavy (non-hydrogen) atoms. The SMILES string of the molecule is O=C(NC1CC1)C(c1ccc(F)cc1)N1CCN(c2ncccn2)CC1. The minimum absolute atomic E-state index is 0.00326. The molecule has 1 N–H and O–H groups in total. The summed E-state index contributed by atoms with van der Waals surface area (Å²) in [5.74, 6) is 0.428. The van der Waals surface area contributed by atoms with Gasteiger partial charge in [-0.25, -0.2) is 14.4 Å². The van der Waals surface area contributed by atoms with Crippen LogP contribution in [0, 0.1) is 5.82 Å². The maximum atomic E-state index is 13.3. The largest absolute Gasteiger partial charge is 0.352 e. The third-order valence-electron chi connectivity index (χ3n) is 4.87. The number of piperazine rings is 1. The molecule has 0 spiro atoms. The van der Waals surface area contributed by atoms with Gasteiger partial charge in [-0.3, -0.25) is 9.69 Å². The number of carbonyl (C=O) groups excluding carboxylic acids is 1. The first kappa shape index (κ1) is 16.9. The van der Waals surface area contributed by atoms with Crippen LogP contribution in [0.15, 0.2) is 42.7 Å². The molecule has 1 aliphatic carbocycles. The van der Waals surface area contributed by atoms with Crippen molar-refractivity contribution in [1.29, 1.82) is 0 Å². The lowest BCUT2D eigenvalue weighted by Crippen LogP contribution is -2.51. The predicted molar refractivity (Wildman–Crippen MR) is 96.1 cm³/mol. The van der Waals surface area contributed by atoms with Gasteiger partial charge in [-0.2, -0.15) is 0 Å². The summed E-state index contributed by atoms with van der Waals surface area (Å²) in [6.07, 6.45) is 5.56. The van der Waals surface area contributed by atoms with E-state index in [0.717, 1.165) is 44.6 Å². The fourth-order valence-electron chi connectivity index (χ4n) is 3.32. The number of rotatable bonds is 5. The summed E-state index contributed by atoms with van der Waals surface area (Å²) in [5.41, 5.74) is 0.828. The Kier molecular flexibility index (Phi) is 4.79. The lowest BCUT2D eigenvalue weighted by Gasteiger charge is -2.38. The fraction of sp³-hybridized carbons (Fsp3) is 0.421. The Balaban J connectivity index is 1.49. The van der Waals surface area contributed by atoms with Gasteiger partial charge in [0.25, 0.3) is 0 Å². The molecule has 1 aliphatic heterocycles. The first-order chi connectivity index (χ1) is 12.7. The van der Waals surface area contributed by atoms with Crippen molar-refractivity contribution in [2.45, 2.75) is 24.9 Å². The number of halogens is 1. The molecule has 2 aliphatic rings. The number of benzene rings is 1. The van der Waals surface area contributed by atoms with E-state index in [0.29, 0.717) is 12.0 Å². The van der Waals surface area contributed by atoms with Crippen molar-refractivity contribution in [3.63, 3.8) is 0 Å². The van der Waals surface area contributed by atoms with E-state index in [2.05, 4.69) is 25.1 Å². The van der Waals surface area contributed by atoms with Gasteiger partial charge in [0.2, 0.25) is 11.9 Å². The van der Waals surface area contributed by atoms with E-state index < -0.39 is 6.04 Å². The lowest BCUT2D eigenvalue weighted by atomic mass is 10.0. The quantitative estimate of drug-likeness (QED) is 0.886. The van der Waals surface area contributed by atoms with Crippen LogP contribution in [0.5, 0.6) is 0 Å². The Bertz CT molecular complexity index is 742. The molecule has 7 heteroatoms. The highest BCUT2D eigenvalue weighted by atomic mass is 19.1. The summed E-state index contributed by atoms with van der Waals surface area (Å²) in [4.78, 5) is 25.7. The minimum atomic E-state index is -0.393. The van der Waals surface area contributed by atoms with Crippen molar-refractivity contribution in [2.24, 2.45) is 0 Å². The van der Waals surface area contributed by atoms with Crippen LogP contribution < -0.4 is 10.2 Å². The summed E-state index contributed by atoms with van der Waals surface area (Å²) in [6.45, 7) is 2.94. The van der Waals surface area contributed by atoms with Gasteiger partial charge in [0, 0.05) is 44.6 Å². The zero-order valence-corrected chi connectivity index (χ0v) is 14.5. The van der Waals surface area contributed by atoms with E-state index >= 15 is 0 Å². The first-order valence-corrected chi connectivity index (χ1v) is 9.02. The molecule has 1 saturated heterocycles. The molecule has 136 valence electrons. The molecule has 2 fully saturated rings. The smallest absolute Gasteiger partial charge is 0.242 e. The molecule has 2 aromatic rings. The van der Waals surface area contributed by atoms with Crippen molar-refractivity contribution in [3.8, 4) is 0 Å². The van der Waals surface area contributed by atoms with Crippen molar-refractivity contribution in [2.75, 3.05) is 31.1 Å². The van der Waals surface area contributed by atoms with Crippen molar-refractivity contribution < 1.29 is 9.18 Å². The van der Waals surface area contributed by atoms with Gasteiger partial charge in [0.15, 0.2) is 0 Å². The second-order valence-corrected chi connectivity index (χ2v) is 6.81. The maximum absolute atomic E-state index is 13.3. The van der Waals surface area contributed by atoms with Crippen LogP contribution in [0.4, 0.5) is 10.3 Å². The third kappa shape index (κ3) is 3.83. The number of amides is 1. The lowest BCUT2D eigenvalue weighted by molar-refractivity contribution is -0.127. The summed E-state index contributed by atoms with van der Waals surface area (Å²) in [7, 11) is 0. The molecule has 1 amide bonds. The van der Waals surface area contributed by atoms with Gasteiger partial charge in [0.05, 0.1) is 0 Å². The summed E-state index contributed by atoms with van der Waals surface area (Å²) in [6, 6.07) is 7.95. The fourth-order valence-corrected chi connectivity index (χ4v) is 3.32. The number of anilines is 1. The Morgan fingerprint density at radius 3 is 2.35 bits per heavy atom. The van der Waals surface area contributed by atoms with Crippen molar-refractivity contribution in [3.05, 3.63) is 54.1 Å². The standard InChI is InChI=1S/C19H22FN5O/c20-15-4-2-14(3-5-15)17(18(26)23-16-6-7-16)24-10-12-25(13-11-24)19-21-8-1-9-22-19/h1-5,8-9,16-17H,6-7,10-13H2,(H,23,26). The molecule has 2 heterocycles. The highest BCUT2D eigenvalue weighted by molar-refractivity contribution is 5.83. The minimum Gasteiger partial charge on any atom is -0.352 e. The number of hydrogen-bond acceptors (Lipinski definition) is 5. The van der Waals surface area contributed by atoms with E-state index in [1.54, 1.807) is 30.6 Å². The predicted octanol–water partition coefficient (Wildman–Crippen LogP) is 1.76. The zero-order chi connectivity index (χ0) is 17.9. The van der Waals surface area contributed by atoms with Crippen LogP contribution in [0.2, 0.25) is 0 Å². The van der Waals surface area contributed by atoms with E-state index in [1.165, 1.54) is 12.1 Å². The Morgan fingerprint density at radius 1 is 1.08 bits per heavy atom. The van der Waals surface area contributed by atoms with E-state index in [1.807, 2.05) is 0 Å². The monoisotopic (exact) mass is 355 g/mol. The third-order valence-corrected chi connectivity index (χ3v) is 4.87. The number of nitrogens with zero attached hydrogens (tertiary/aromatic N) is 4. The van der Waals surface area contributed by atoms with Crippen LogP contribution in [0.3, 0.4) is 0 Å². The van der Waals surface area contributed by atoms with Crippen LogP contribution in [-0.2, 0) is 4.79 Å². The Labute approximate surface area is 152 Å². The molecule has 0 bridgehead atoms. The molecule has 1 aromatic carbocycles. The molecule has 0 radical (unpaired) electrons. The number of carbonyl (C=O) groups is 1. The van der Waals surface area contributed by atoms with Crippen molar-refractivity contribution >= 4 is 11.9 Å². The van der Waals surface area contributed by atoms with Crippen LogP contribution >= 0.6 is 0 Å². The van der Waals surface area contributed by atoms with E-state index in [-0.39, 0.29) is 11.7 Å². The summed E-state index contributed by atoms with van der Waals surface area (Å²) >= 11 is 0. The number of nitrogens with one attached hydrogen (secondary N) is 1. The van der Waals surface area contributed by atoms with Gasteiger partial charge in [-0.05, 0) is 36.6 Å². The highest BCUT2D eigenvalue weighted by Gasteiger charge is 2.34. The van der Waals surface area contributed by atoms with Gasteiger partial charge in [-0.15, -0.1) is 0 Å². The van der Waals surface area contributed by atoms with Crippen molar-refractivity contribution in [1.82, 2.24) is 20.2 Å². The Hall–Kier alpha value is -2.54. The van der Waals surface area contributed by atoms with Gasteiger partial charge < -0.3 is 10.2 Å². The van der Waals surface area contributed by atoms with Crippen LogP contribution in [0.25, 0.3) is 0 Å². The van der Waals surface area contributed by atoms with Crippen LogP contribution in [-0.4, -0.2) is 53.0 Å². The highest BCUT2D eigenvalue weighted by Crippen LogP contribution is 2.26. The molecule has 1 saturated carbocycles. The van der Waals surface area contributed by atoms with Gasteiger partial charge >= 0.3 is 0 Å². The molecule has 1 unspecified atom stereocenters. The average molecular weight is 355 g/mol. The molecule has 4 rings (SSSR count). The molecular formula is C19H22FN5O. The topological polar surface area (TPSA) is 61.4 Å². The van der Waals surface area contributed by atoms with Gasteiger partial charge in [0.1, 0.15) is 11.9 Å². The molecular weight excluding hydrogens is 333 g/mol. The summed E-state index contributed by atoms with van der Waals surface area (Å²) < 4.78 is 13.3. The molecule has 1 aromatic heterocycles.